The van der Waals surface area contributed by atoms with Crippen LogP contribution in [0.2, 0.25) is 0 Å². The molecule has 0 bridgehead atoms. The highest BCUT2D eigenvalue weighted by molar-refractivity contribution is 5.27. The highest BCUT2D eigenvalue weighted by atomic mass is 15.1. The summed E-state index contributed by atoms with van der Waals surface area (Å²) in [5, 5.41) is 0. The van der Waals surface area contributed by atoms with Crippen LogP contribution >= 0.6 is 0 Å². The number of benzene rings is 1. The van der Waals surface area contributed by atoms with Crippen molar-refractivity contribution >= 4 is 0 Å². The van der Waals surface area contributed by atoms with E-state index < -0.39 is 0 Å². The second-order valence-electron chi connectivity index (χ2n) is 8.62. The van der Waals surface area contributed by atoms with Crippen molar-refractivity contribution in [3.63, 3.8) is 0 Å². The Kier molecular flexibility index (Phi) is 6.04. The van der Waals surface area contributed by atoms with Gasteiger partial charge in [-0.3, -0.25) is 0 Å². The third kappa shape index (κ3) is 6.22. The van der Waals surface area contributed by atoms with Gasteiger partial charge >= 0.3 is 0 Å². The Morgan fingerprint density at radius 1 is 0.952 bits per heavy atom. The van der Waals surface area contributed by atoms with E-state index in [4.69, 9.17) is 0 Å². The van der Waals surface area contributed by atoms with Crippen LogP contribution in [0.5, 0.6) is 0 Å². The van der Waals surface area contributed by atoms with Crippen LogP contribution < -0.4 is 0 Å². The summed E-state index contributed by atoms with van der Waals surface area (Å²) in [7, 11) is 0. The van der Waals surface area contributed by atoms with E-state index in [2.05, 4.69) is 84.6 Å². The van der Waals surface area contributed by atoms with E-state index in [1.165, 1.54) is 11.1 Å². The molecule has 1 aromatic carbocycles. The molecule has 1 heteroatoms. The van der Waals surface area contributed by atoms with Gasteiger partial charge in [0.05, 0.1) is 0 Å². The lowest BCUT2D eigenvalue weighted by molar-refractivity contribution is 0.153. The average Bonchev–Trinajstić information content (AvgIpc) is 2.34. The van der Waals surface area contributed by atoms with Gasteiger partial charge < -0.3 is 4.90 Å². The van der Waals surface area contributed by atoms with Crippen molar-refractivity contribution in [1.29, 1.82) is 0 Å². The summed E-state index contributed by atoms with van der Waals surface area (Å²) in [6.07, 6.45) is 1.13. The molecule has 0 aliphatic heterocycles. The first-order valence-electron chi connectivity index (χ1n) is 8.36. The summed E-state index contributed by atoms with van der Waals surface area (Å²) < 4.78 is 0. The molecule has 120 valence electrons. The fourth-order valence-electron chi connectivity index (χ4n) is 2.80. The monoisotopic (exact) mass is 289 g/mol. The Hall–Kier alpha value is -0.820. The third-order valence-electron chi connectivity index (χ3n) is 4.06. The van der Waals surface area contributed by atoms with E-state index in [1.54, 1.807) is 0 Å². The van der Waals surface area contributed by atoms with Gasteiger partial charge in [-0.05, 0) is 41.8 Å². The van der Waals surface area contributed by atoms with Crippen LogP contribution in [0.15, 0.2) is 24.3 Å². The maximum atomic E-state index is 2.59. The molecule has 1 unspecified atom stereocenters. The predicted molar refractivity (Wildman–Crippen MR) is 95.0 cm³/mol. The van der Waals surface area contributed by atoms with E-state index in [0.717, 1.165) is 19.5 Å². The molecule has 1 atom stereocenters. The molecule has 0 aromatic heterocycles. The normalized spacial score (nSPS) is 14.5. The van der Waals surface area contributed by atoms with Gasteiger partial charge in [0.2, 0.25) is 0 Å². The molecule has 21 heavy (non-hydrogen) atoms. The highest BCUT2D eigenvalue weighted by Crippen LogP contribution is 2.23. The fraction of sp³-hybridized carbons (Fsp3) is 0.700. The van der Waals surface area contributed by atoms with Crippen LogP contribution in [0.3, 0.4) is 0 Å². The lowest BCUT2D eigenvalue weighted by atomic mass is 9.86. The van der Waals surface area contributed by atoms with E-state index >= 15 is 0 Å². The van der Waals surface area contributed by atoms with Gasteiger partial charge in [-0.1, -0.05) is 72.7 Å². The first kappa shape index (κ1) is 18.2. The van der Waals surface area contributed by atoms with Gasteiger partial charge in [0.1, 0.15) is 0 Å². The van der Waals surface area contributed by atoms with E-state index in [9.17, 15) is 0 Å². The molecule has 0 amide bonds. The Balaban J connectivity index is 2.71. The zero-order chi connectivity index (χ0) is 16.3. The van der Waals surface area contributed by atoms with Crippen LogP contribution in [0.1, 0.15) is 66.5 Å². The average molecular weight is 290 g/mol. The van der Waals surface area contributed by atoms with Crippen LogP contribution in [-0.2, 0) is 11.8 Å². The zero-order valence-electron chi connectivity index (χ0n) is 15.5. The first-order valence-corrected chi connectivity index (χ1v) is 8.36. The van der Waals surface area contributed by atoms with Crippen molar-refractivity contribution in [2.45, 2.75) is 73.3 Å². The molecule has 0 saturated heterocycles. The molecule has 1 rings (SSSR count). The van der Waals surface area contributed by atoms with E-state index in [0.29, 0.717) is 11.5 Å². The van der Waals surface area contributed by atoms with Crippen molar-refractivity contribution < 1.29 is 0 Å². The van der Waals surface area contributed by atoms with Crippen molar-refractivity contribution in [3.05, 3.63) is 35.4 Å². The summed E-state index contributed by atoms with van der Waals surface area (Å²) in [5.74, 6) is 0. The molecule has 1 nitrogen and oxygen atoms in total. The Labute approximate surface area is 132 Å². The quantitative estimate of drug-likeness (QED) is 0.712. The minimum Gasteiger partial charge on any atom is -0.300 e. The molecule has 0 fully saturated rings. The number of likely N-dealkylation sites (N-methyl/N-ethyl adjacent to an activating group) is 1. The molecule has 1 aromatic rings. The molecule has 0 heterocycles. The SMILES string of the molecule is CCN(CC(C)(C)C)C(C)Cc1ccc(C(C)(C)C)cc1. The summed E-state index contributed by atoms with van der Waals surface area (Å²) in [4.78, 5) is 2.59. The molecule has 0 radical (unpaired) electrons. The largest absolute Gasteiger partial charge is 0.300 e. The molecular formula is C20H35N. The molecule has 0 N–H and O–H groups in total. The van der Waals surface area contributed by atoms with Gasteiger partial charge in [-0.2, -0.15) is 0 Å². The van der Waals surface area contributed by atoms with Gasteiger partial charge in [0.25, 0.3) is 0 Å². The van der Waals surface area contributed by atoms with E-state index in [-0.39, 0.29) is 5.41 Å². The van der Waals surface area contributed by atoms with Crippen molar-refractivity contribution in [3.8, 4) is 0 Å². The lowest BCUT2D eigenvalue weighted by Gasteiger charge is -2.34. The lowest BCUT2D eigenvalue weighted by Crippen LogP contribution is -2.40. The minimum atomic E-state index is 0.242. The molecule has 0 spiro atoms. The van der Waals surface area contributed by atoms with Crippen LogP contribution in [0, 0.1) is 5.41 Å². The van der Waals surface area contributed by atoms with Gasteiger partial charge in [0, 0.05) is 12.6 Å². The molecule has 0 saturated carbocycles. The van der Waals surface area contributed by atoms with Crippen molar-refractivity contribution in [1.82, 2.24) is 4.90 Å². The topological polar surface area (TPSA) is 3.24 Å². The highest BCUT2D eigenvalue weighted by Gasteiger charge is 2.20. The zero-order valence-corrected chi connectivity index (χ0v) is 15.5. The number of rotatable bonds is 5. The van der Waals surface area contributed by atoms with Crippen molar-refractivity contribution in [2.24, 2.45) is 5.41 Å². The maximum absolute atomic E-state index is 2.59. The maximum Gasteiger partial charge on any atom is 0.0107 e. The standard InChI is InChI=1S/C20H35N/c1-9-21(15-19(3,4)5)16(2)14-17-10-12-18(13-11-17)20(6,7)8/h10-13,16H,9,14-15H2,1-8H3. The second-order valence-corrected chi connectivity index (χ2v) is 8.62. The van der Waals surface area contributed by atoms with Gasteiger partial charge in [-0.15, -0.1) is 0 Å². The Morgan fingerprint density at radius 3 is 1.86 bits per heavy atom. The number of hydrogen-bond acceptors (Lipinski definition) is 1. The predicted octanol–water partition coefficient (Wildman–Crippen LogP) is 5.28. The van der Waals surface area contributed by atoms with Crippen molar-refractivity contribution in [2.75, 3.05) is 13.1 Å². The first-order chi connectivity index (χ1) is 9.53. The second kappa shape index (κ2) is 6.96. The number of hydrogen-bond donors (Lipinski definition) is 0. The van der Waals surface area contributed by atoms with Gasteiger partial charge in [-0.25, -0.2) is 0 Å². The molecule has 0 aliphatic rings. The molecule has 0 aliphatic carbocycles. The summed E-state index contributed by atoms with van der Waals surface area (Å²) in [6, 6.07) is 9.79. The smallest absolute Gasteiger partial charge is 0.0107 e. The fourth-order valence-corrected chi connectivity index (χ4v) is 2.80. The third-order valence-corrected chi connectivity index (χ3v) is 4.06. The Morgan fingerprint density at radius 2 is 1.48 bits per heavy atom. The molecular weight excluding hydrogens is 254 g/mol. The minimum absolute atomic E-state index is 0.242. The number of nitrogens with zero attached hydrogens (tertiary/aromatic N) is 1. The Bertz CT molecular complexity index is 417. The summed E-state index contributed by atoms with van der Waals surface area (Å²) in [5.41, 5.74) is 3.47. The summed E-state index contributed by atoms with van der Waals surface area (Å²) >= 11 is 0. The summed E-state index contributed by atoms with van der Waals surface area (Å²) in [6.45, 7) is 20.7. The van der Waals surface area contributed by atoms with E-state index in [1.807, 2.05) is 0 Å². The van der Waals surface area contributed by atoms with Crippen LogP contribution in [0.25, 0.3) is 0 Å². The van der Waals surface area contributed by atoms with Crippen LogP contribution in [0.4, 0.5) is 0 Å². The van der Waals surface area contributed by atoms with Gasteiger partial charge in [0.15, 0.2) is 0 Å². The van der Waals surface area contributed by atoms with Crippen LogP contribution in [-0.4, -0.2) is 24.0 Å².